The Morgan fingerprint density at radius 1 is 1.18 bits per heavy atom. The summed E-state index contributed by atoms with van der Waals surface area (Å²) in [7, 11) is 0. The molecule has 0 saturated carbocycles. The Morgan fingerprint density at radius 3 is 2.54 bits per heavy atom. The zero-order valence-corrected chi connectivity index (χ0v) is 15.4. The van der Waals surface area contributed by atoms with Crippen molar-refractivity contribution in [3.8, 4) is 28.4 Å². The van der Waals surface area contributed by atoms with Gasteiger partial charge in [0.05, 0.1) is 23.0 Å². The van der Waals surface area contributed by atoms with E-state index in [2.05, 4.69) is 15.1 Å². The molecule has 0 aliphatic heterocycles. The summed E-state index contributed by atoms with van der Waals surface area (Å²) in [6.07, 6.45) is 0. The van der Waals surface area contributed by atoms with E-state index in [0.717, 1.165) is 5.56 Å². The van der Waals surface area contributed by atoms with Crippen molar-refractivity contribution in [2.24, 2.45) is 0 Å². The number of hydrogen-bond acceptors (Lipinski definition) is 7. The van der Waals surface area contributed by atoms with Gasteiger partial charge < -0.3 is 15.6 Å². The number of nitrogen functional groups attached to an aromatic ring is 1. The van der Waals surface area contributed by atoms with Crippen molar-refractivity contribution < 1.29 is 14.6 Å². The number of rotatable bonds is 6. The molecule has 0 saturated heterocycles. The molecule has 3 N–H and O–H groups in total. The lowest BCUT2D eigenvalue weighted by atomic mass is 10.0. The normalized spacial score (nSPS) is 10.8. The van der Waals surface area contributed by atoms with Crippen molar-refractivity contribution in [1.29, 1.82) is 0 Å². The molecule has 2 heterocycles. The van der Waals surface area contributed by atoms with E-state index in [1.807, 2.05) is 44.2 Å². The van der Waals surface area contributed by atoms with Gasteiger partial charge in [-0.1, -0.05) is 30.3 Å². The predicted molar refractivity (Wildman–Crippen MR) is 103 cm³/mol. The maximum atomic E-state index is 12.1. The molecule has 0 bridgehead atoms. The zero-order valence-electron chi connectivity index (χ0n) is 15.4. The molecule has 1 aromatic carbocycles. The molecule has 3 aromatic rings. The third-order valence-electron chi connectivity index (χ3n) is 3.84. The van der Waals surface area contributed by atoms with Crippen molar-refractivity contribution >= 4 is 11.9 Å². The van der Waals surface area contributed by atoms with Gasteiger partial charge in [0.2, 0.25) is 11.8 Å². The summed E-state index contributed by atoms with van der Waals surface area (Å²) in [4.78, 5) is 31.5. The maximum absolute atomic E-state index is 12.1. The number of aromatic nitrogens is 4. The standard InChI is InChI=1S/C19H19N5O4/c1-11(2)24-14(25)9-8-13(23-24)16-17(12-6-4-3-5-7-12)21-19(20)22-18(16)28-10-15(26)27/h3-9,11H,10H2,1-2H3,(H,26,27)(H2,20,21,22). The van der Waals surface area contributed by atoms with Crippen molar-refractivity contribution in [3.05, 3.63) is 52.8 Å². The number of nitrogens with two attached hydrogens (primary N) is 1. The second-order valence-corrected chi connectivity index (χ2v) is 6.25. The molecule has 0 aliphatic carbocycles. The average molecular weight is 381 g/mol. The summed E-state index contributed by atoms with van der Waals surface area (Å²) in [5.41, 5.74) is 7.44. The molecule has 0 aliphatic rings. The first-order chi connectivity index (χ1) is 13.4. The zero-order chi connectivity index (χ0) is 20.3. The van der Waals surface area contributed by atoms with Gasteiger partial charge >= 0.3 is 5.97 Å². The van der Waals surface area contributed by atoms with Gasteiger partial charge in [-0.15, -0.1) is 0 Å². The highest BCUT2D eigenvalue weighted by atomic mass is 16.5. The molecule has 0 radical (unpaired) electrons. The number of hydrogen-bond donors (Lipinski definition) is 2. The molecule has 3 rings (SSSR count). The monoisotopic (exact) mass is 381 g/mol. The van der Waals surface area contributed by atoms with Crippen LogP contribution in [0.5, 0.6) is 5.88 Å². The van der Waals surface area contributed by atoms with E-state index >= 15 is 0 Å². The number of carbonyl (C=O) groups is 1. The first-order valence-electron chi connectivity index (χ1n) is 8.54. The van der Waals surface area contributed by atoms with Crippen molar-refractivity contribution in [2.75, 3.05) is 12.3 Å². The Labute approximate surface area is 160 Å². The first kappa shape index (κ1) is 19.0. The van der Waals surface area contributed by atoms with Gasteiger partial charge in [-0.05, 0) is 19.9 Å². The summed E-state index contributed by atoms with van der Waals surface area (Å²) in [5.74, 6) is -1.25. The number of aliphatic carboxylic acids is 1. The van der Waals surface area contributed by atoms with Crippen LogP contribution in [0.1, 0.15) is 19.9 Å². The SMILES string of the molecule is CC(C)n1nc(-c2c(OCC(=O)O)nc(N)nc2-c2ccccc2)ccc1=O. The third-order valence-corrected chi connectivity index (χ3v) is 3.84. The van der Waals surface area contributed by atoms with Crippen LogP contribution in [-0.2, 0) is 4.79 Å². The second-order valence-electron chi connectivity index (χ2n) is 6.25. The average Bonchev–Trinajstić information content (AvgIpc) is 2.67. The number of anilines is 1. The molecule has 2 aromatic heterocycles. The van der Waals surface area contributed by atoms with Gasteiger partial charge in [-0.25, -0.2) is 14.5 Å². The minimum Gasteiger partial charge on any atom is -0.479 e. The smallest absolute Gasteiger partial charge is 0.341 e. The van der Waals surface area contributed by atoms with Crippen LogP contribution >= 0.6 is 0 Å². The second kappa shape index (κ2) is 7.87. The van der Waals surface area contributed by atoms with Crippen molar-refractivity contribution in [1.82, 2.24) is 19.7 Å². The largest absolute Gasteiger partial charge is 0.479 e. The number of carboxylic acids is 1. The number of benzene rings is 1. The van der Waals surface area contributed by atoms with Crippen LogP contribution in [0.4, 0.5) is 5.95 Å². The summed E-state index contributed by atoms with van der Waals surface area (Å²) >= 11 is 0. The molecule has 0 atom stereocenters. The van der Waals surface area contributed by atoms with E-state index in [0.29, 0.717) is 17.0 Å². The van der Waals surface area contributed by atoms with Gasteiger partial charge in [-0.2, -0.15) is 10.1 Å². The molecular weight excluding hydrogens is 362 g/mol. The molecule has 0 spiro atoms. The minimum atomic E-state index is -1.16. The molecule has 0 unspecified atom stereocenters. The molecule has 0 amide bonds. The van der Waals surface area contributed by atoms with Gasteiger partial charge in [0.25, 0.3) is 5.56 Å². The van der Waals surface area contributed by atoms with Gasteiger partial charge in [0, 0.05) is 11.6 Å². The fourth-order valence-electron chi connectivity index (χ4n) is 2.66. The lowest BCUT2D eigenvalue weighted by molar-refractivity contribution is -0.139. The van der Waals surface area contributed by atoms with E-state index in [4.69, 9.17) is 15.6 Å². The van der Waals surface area contributed by atoms with E-state index in [-0.39, 0.29) is 23.4 Å². The number of ether oxygens (including phenoxy) is 1. The Hall–Kier alpha value is -3.75. The van der Waals surface area contributed by atoms with Gasteiger partial charge in [0.1, 0.15) is 0 Å². The molecule has 9 heteroatoms. The number of carboxylic acid groups (broad SMARTS) is 1. The Balaban J connectivity index is 2.29. The fourth-order valence-corrected chi connectivity index (χ4v) is 2.66. The molecule has 144 valence electrons. The minimum absolute atomic E-state index is 0.0183. The lowest BCUT2D eigenvalue weighted by Gasteiger charge is -2.16. The van der Waals surface area contributed by atoms with Crippen LogP contribution in [0.15, 0.2) is 47.3 Å². The predicted octanol–water partition coefficient (Wildman–Crippen LogP) is 1.99. The summed E-state index contributed by atoms with van der Waals surface area (Å²) in [5, 5.41) is 13.4. The van der Waals surface area contributed by atoms with Gasteiger partial charge in [0.15, 0.2) is 6.61 Å². The van der Waals surface area contributed by atoms with E-state index in [1.54, 1.807) is 0 Å². The van der Waals surface area contributed by atoms with Crippen molar-refractivity contribution in [2.45, 2.75) is 19.9 Å². The summed E-state index contributed by atoms with van der Waals surface area (Å²) in [6.45, 7) is 3.05. The van der Waals surface area contributed by atoms with Gasteiger partial charge in [-0.3, -0.25) is 4.79 Å². The van der Waals surface area contributed by atoms with Crippen LogP contribution in [0.3, 0.4) is 0 Å². The number of nitrogens with zero attached hydrogens (tertiary/aromatic N) is 4. The highest BCUT2D eigenvalue weighted by Gasteiger charge is 2.21. The Morgan fingerprint density at radius 2 is 1.89 bits per heavy atom. The van der Waals surface area contributed by atoms with E-state index in [9.17, 15) is 9.59 Å². The van der Waals surface area contributed by atoms with Crippen LogP contribution < -0.4 is 16.0 Å². The Bertz CT molecular complexity index is 1060. The van der Waals surface area contributed by atoms with Crippen LogP contribution in [0.2, 0.25) is 0 Å². The molecule has 28 heavy (non-hydrogen) atoms. The van der Waals surface area contributed by atoms with Crippen molar-refractivity contribution in [3.63, 3.8) is 0 Å². The van der Waals surface area contributed by atoms with E-state index < -0.39 is 12.6 Å². The fraction of sp³-hybridized carbons (Fsp3) is 0.211. The topological polar surface area (TPSA) is 133 Å². The highest BCUT2D eigenvalue weighted by molar-refractivity contribution is 5.83. The Kier molecular flexibility index (Phi) is 5.35. The summed E-state index contributed by atoms with van der Waals surface area (Å²) < 4.78 is 6.69. The quantitative estimate of drug-likeness (QED) is 0.662. The lowest BCUT2D eigenvalue weighted by Crippen LogP contribution is -2.24. The maximum Gasteiger partial charge on any atom is 0.341 e. The molecular formula is C19H19N5O4. The van der Waals surface area contributed by atoms with E-state index in [1.165, 1.54) is 16.8 Å². The van der Waals surface area contributed by atoms with Crippen LogP contribution in [0.25, 0.3) is 22.5 Å². The summed E-state index contributed by atoms with van der Waals surface area (Å²) in [6, 6.07) is 11.9. The van der Waals surface area contributed by atoms with Crippen LogP contribution in [-0.4, -0.2) is 37.4 Å². The van der Waals surface area contributed by atoms with Crippen LogP contribution in [0, 0.1) is 0 Å². The third kappa shape index (κ3) is 3.98. The molecule has 0 fully saturated rings. The first-order valence-corrected chi connectivity index (χ1v) is 8.54. The highest BCUT2D eigenvalue weighted by Crippen LogP contribution is 2.36. The molecule has 9 nitrogen and oxygen atoms in total.